The normalized spacial score (nSPS) is 13.5. The van der Waals surface area contributed by atoms with E-state index >= 15 is 0 Å². The first-order valence-electron chi connectivity index (χ1n) is 7.97. The Labute approximate surface area is 167 Å². The van der Waals surface area contributed by atoms with Gasteiger partial charge in [-0.3, -0.25) is 4.79 Å². The Morgan fingerprint density at radius 1 is 1.15 bits per heavy atom. The van der Waals surface area contributed by atoms with Gasteiger partial charge in [-0.15, -0.1) is 11.8 Å². The topological polar surface area (TPSA) is 103 Å². The quantitative estimate of drug-likeness (QED) is 0.710. The molecule has 0 saturated carbocycles. The highest BCUT2D eigenvalue weighted by Crippen LogP contribution is 2.38. The van der Waals surface area contributed by atoms with Gasteiger partial charge in [-0.25, -0.2) is 0 Å². The average molecular weight is 397 g/mol. The third-order valence-electron chi connectivity index (χ3n) is 3.95. The summed E-state index contributed by atoms with van der Waals surface area (Å²) in [6.07, 6.45) is 1.72. The van der Waals surface area contributed by atoms with Crippen LogP contribution in [-0.4, -0.2) is 12.2 Å². The average Bonchev–Trinajstić information content (AvgIpc) is 2.69. The van der Waals surface area contributed by atoms with Crippen molar-refractivity contribution in [3.05, 3.63) is 75.8 Å². The molecule has 27 heavy (non-hydrogen) atoms. The first kappa shape index (κ1) is 20.4. The lowest BCUT2D eigenvalue weighted by Gasteiger charge is -2.23. The summed E-state index contributed by atoms with van der Waals surface area (Å²) in [5.74, 6) is -2.61. The molecule has 0 heterocycles. The van der Waals surface area contributed by atoms with Crippen molar-refractivity contribution in [2.24, 2.45) is 11.7 Å². The number of hydrogen-bond acceptors (Lipinski definition) is 5. The Morgan fingerprint density at radius 2 is 1.78 bits per heavy atom. The number of halogens is 1. The van der Waals surface area contributed by atoms with Gasteiger partial charge in [-0.05, 0) is 30.0 Å². The van der Waals surface area contributed by atoms with Crippen LogP contribution in [-0.2, 0) is 4.79 Å². The van der Waals surface area contributed by atoms with Crippen LogP contribution in [0.25, 0.3) is 0 Å². The van der Waals surface area contributed by atoms with Crippen molar-refractivity contribution < 1.29 is 4.79 Å². The largest absolute Gasteiger partial charge is 0.393 e. The molecule has 5 nitrogen and oxygen atoms in total. The van der Waals surface area contributed by atoms with Crippen molar-refractivity contribution >= 4 is 35.0 Å². The van der Waals surface area contributed by atoms with E-state index in [4.69, 9.17) is 17.3 Å². The summed E-state index contributed by atoms with van der Waals surface area (Å²) in [4.78, 5) is 12.8. The monoisotopic (exact) mass is 396 g/mol. The van der Waals surface area contributed by atoms with Crippen molar-refractivity contribution in [3.63, 3.8) is 0 Å². The van der Waals surface area contributed by atoms with Crippen molar-refractivity contribution in [1.82, 2.24) is 0 Å². The molecule has 2 aromatic rings. The van der Waals surface area contributed by atoms with Crippen molar-refractivity contribution in [2.75, 3.05) is 11.6 Å². The molecule has 0 aliphatic carbocycles. The molecule has 2 atom stereocenters. The van der Waals surface area contributed by atoms with Gasteiger partial charge in [0.05, 0.1) is 22.7 Å². The number of benzene rings is 2. The third-order valence-corrected chi connectivity index (χ3v) is 4.96. The number of carbonyl (C=O) groups is 1. The minimum absolute atomic E-state index is 0.144. The van der Waals surface area contributed by atoms with E-state index in [9.17, 15) is 15.3 Å². The minimum atomic E-state index is -1.19. The van der Waals surface area contributed by atoms with Crippen LogP contribution < -0.4 is 11.1 Å². The molecule has 1 amide bonds. The number of rotatable bonds is 6. The first-order chi connectivity index (χ1) is 13.0. The highest BCUT2D eigenvalue weighted by molar-refractivity contribution is 8.02. The Bertz CT molecular complexity index is 931. The number of thioether (sulfide) groups is 1. The number of allylic oxidation sites excluding steroid dienone is 1. The minimum Gasteiger partial charge on any atom is -0.393 e. The fourth-order valence-electron chi connectivity index (χ4n) is 2.64. The van der Waals surface area contributed by atoms with Gasteiger partial charge in [0.15, 0.2) is 0 Å². The SMILES string of the molecule is CS/C(N)=C(\C#N)C(c1ccccc1Cl)C(C#N)C(=O)Nc1ccccc1. The van der Waals surface area contributed by atoms with Crippen LogP contribution in [0.15, 0.2) is 65.2 Å². The molecular weight excluding hydrogens is 380 g/mol. The van der Waals surface area contributed by atoms with Crippen LogP contribution in [0.5, 0.6) is 0 Å². The van der Waals surface area contributed by atoms with Gasteiger partial charge in [-0.2, -0.15) is 10.5 Å². The fourth-order valence-corrected chi connectivity index (χ4v) is 3.29. The van der Waals surface area contributed by atoms with Crippen LogP contribution in [0.3, 0.4) is 0 Å². The molecule has 0 spiro atoms. The molecule has 0 aliphatic heterocycles. The molecule has 136 valence electrons. The van der Waals surface area contributed by atoms with Gasteiger partial charge in [0.2, 0.25) is 5.91 Å². The predicted octanol–water partition coefficient (Wildman–Crippen LogP) is 4.26. The lowest BCUT2D eigenvalue weighted by Crippen LogP contribution is -2.29. The van der Waals surface area contributed by atoms with E-state index in [2.05, 4.69) is 11.4 Å². The van der Waals surface area contributed by atoms with E-state index in [0.29, 0.717) is 16.3 Å². The highest BCUT2D eigenvalue weighted by atomic mass is 35.5. The maximum Gasteiger partial charge on any atom is 0.242 e. The number of para-hydroxylation sites is 1. The Balaban J connectivity index is 2.54. The maximum atomic E-state index is 12.8. The summed E-state index contributed by atoms with van der Waals surface area (Å²) < 4.78 is 0. The van der Waals surface area contributed by atoms with Gasteiger partial charge < -0.3 is 11.1 Å². The summed E-state index contributed by atoms with van der Waals surface area (Å²) in [5.41, 5.74) is 7.20. The zero-order valence-corrected chi connectivity index (χ0v) is 16.1. The number of nitrogens with two attached hydrogens (primary N) is 1. The van der Waals surface area contributed by atoms with E-state index in [1.807, 2.05) is 12.1 Å². The zero-order valence-electron chi connectivity index (χ0n) is 14.5. The number of hydrogen-bond donors (Lipinski definition) is 2. The van der Waals surface area contributed by atoms with E-state index in [1.165, 1.54) is 11.8 Å². The molecule has 3 N–H and O–H groups in total. The molecule has 2 aromatic carbocycles. The Kier molecular flexibility index (Phi) is 7.31. The number of nitrogens with one attached hydrogen (secondary N) is 1. The van der Waals surface area contributed by atoms with Crippen LogP contribution in [0.2, 0.25) is 5.02 Å². The van der Waals surface area contributed by atoms with E-state index in [-0.39, 0.29) is 10.6 Å². The Morgan fingerprint density at radius 3 is 2.33 bits per heavy atom. The molecule has 0 fully saturated rings. The van der Waals surface area contributed by atoms with Crippen LogP contribution in [0.4, 0.5) is 5.69 Å². The lowest BCUT2D eigenvalue weighted by atomic mass is 9.81. The molecular formula is C20H17ClN4OS. The summed E-state index contributed by atoms with van der Waals surface area (Å²) in [7, 11) is 0. The molecule has 0 radical (unpaired) electrons. The zero-order chi connectivity index (χ0) is 19.8. The van der Waals surface area contributed by atoms with Crippen LogP contribution in [0, 0.1) is 28.6 Å². The number of amides is 1. The van der Waals surface area contributed by atoms with E-state index in [1.54, 1.807) is 54.8 Å². The second-order valence-corrected chi connectivity index (χ2v) is 6.81. The smallest absolute Gasteiger partial charge is 0.242 e. The summed E-state index contributed by atoms with van der Waals surface area (Å²) in [6.45, 7) is 0. The summed E-state index contributed by atoms with van der Waals surface area (Å²) >= 11 is 7.49. The number of carbonyl (C=O) groups excluding carboxylic acids is 1. The number of nitrogens with zero attached hydrogens (tertiary/aromatic N) is 2. The molecule has 0 aliphatic rings. The third kappa shape index (κ3) is 4.83. The van der Waals surface area contributed by atoms with Crippen molar-refractivity contribution in [1.29, 1.82) is 10.5 Å². The maximum absolute atomic E-state index is 12.8. The lowest BCUT2D eigenvalue weighted by molar-refractivity contribution is -0.118. The van der Waals surface area contributed by atoms with Crippen LogP contribution >= 0.6 is 23.4 Å². The predicted molar refractivity (Wildman–Crippen MR) is 109 cm³/mol. The van der Waals surface area contributed by atoms with E-state index < -0.39 is 17.7 Å². The van der Waals surface area contributed by atoms with Crippen molar-refractivity contribution in [2.45, 2.75) is 5.92 Å². The summed E-state index contributed by atoms with van der Waals surface area (Å²) in [5, 5.41) is 22.8. The standard InChI is InChI=1S/C20H17ClN4OS/c1-27-19(24)15(11-22)18(14-9-5-6-10-17(14)21)16(12-23)20(26)25-13-7-3-2-4-8-13/h2-10,16,18H,24H2,1H3,(H,25,26)/b19-15+. The Hall–Kier alpha value is -2.93. The van der Waals surface area contributed by atoms with Gasteiger partial charge in [0, 0.05) is 16.6 Å². The fraction of sp³-hybridized carbons (Fsp3) is 0.150. The molecule has 0 bridgehead atoms. The number of anilines is 1. The van der Waals surface area contributed by atoms with Crippen LogP contribution in [0.1, 0.15) is 11.5 Å². The first-order valence-corrected chi connectivity index (χ1v) is 9.57. The second kappa shape index (κ2) is 9.68. The van der Waals surface area contributed by atoms with Gasteiger partial charge in [0.1, 0.15) is 5.92 Å². The summed E-state index contributed by atoms with van der Waals surface area (Å²) in [6, 6.07) is 19.7. The van der Waals surface area contributed by atoms with Gasteiger partial charge in [-0.1, -0.05) is 48.0 Å². The molecule has 0 aromatic heterocycles. The van der Waals surface area contributed by atoms with Crippen molar-refractivity contribution in [3.8, 4) is 12.1 Å². The molecule has 2 unspecified atom stereocenters. The van der Waals surface area contributed by atoms with E-state index in [0.717, 1.165) is 0 Å². The molecule has 7 heteroatoms. The molecule has 2 rings (SSSR count). The van der Waals surface area contributed by atoms with Gasteiger partial charge >= 0.3 is 0 Å². The highest BCUT2D eigenvalue weighted by Gasteiger charge is 2.35. The second-order valence-electron chi connectivity index (χ2n) is 5.56. The molecule has 0 saturated heterocycles. The van der Waals surface area contributed by atoms with Gasteiger partial charge in [0.25, 0.3) is 0 Å². The number of nitriles is 2.